The highest BCUT2D eigenvalue weighted by Gasteiger charge is 2.27. The van der Waals surface area contributed by atoms with Crippen LogP contribution in [0.4, 0.5) is 0 Å². The highest BCUT2D eigenvalue weighted by Crippen LogP contribution is 2.36. The number of fused-ring (bicyclic) bond motifs is 1. The zero-order chi connectivity index (χ0) is 14.3. The fourth-order valence-corrected chi connectivity index (χ4v) is 4.00. The van der Waals surface area contributed by atoms with Gasteiger partial charge in [0.15, 0.2) is 6.29 Å². The number of nitrogens with zero attached hydrogens (tertiary/aromatic N) is 2. The Morgan fingerprint density at radius 1 is 1.50 bits per heavy atom. The second-order valence-electron chi connectivity index (χ2n) is 4.90. The van der Waals surface area contributed by atoms with Crippen LogP contribution in [0.1, 0.15) is 31.3 Å². The average molecular weight is 290 g/mol. The standard InChI is InChI=1S/C14H14N2O3S/c1-15-6-4-10-11(7-15)20-13(12(10)14(18)19)16-5-2-3-9(16)8-17/h2-3,5,8H,4,6-7H2,1H3,(H,18,19). The molecule has 0 unspecified atom stereocenters. The first-order valence-corrected chi connectivity index (χ1v) is 7.12. The van der Waals surface area contributed by atoms with Crippen molar-refractivity contribution in [3.05, 3.63) is 40.0 Å². The molecule has 0 saturated carbocycles. The number of rotatable bonds is 3. The number of carbonyl (C=O) groups excluding carboxylic acids is 1. The van der Waals surface area contributed by atoms with Gasteiger partial charge in [0.1, 0.15) is 5.00 Å². The molecule has 0 atom stereocenters. The predicted molar refractivity (Wildman–Crippen MR) is 76.0 cm³/mol. The average Bonchev–Trinajstić information content (AvgIpc) is 3.00. The highest BCUT2D eigenvalue weighted by molar-refractivity contribution is 7.15. The number of hydrogen-bond donors (Lipinski definition) is 1. The third kappa shape index (κ3) is 1.97. The van der Waals surface area contributed by atoms with E-state index < -0.39 is 5.97 Å². The monoisotopic (exact) mass is 290 g/mol. The Morgan fingerprint density at radius 2 is 2.30 bits per heavy atom. The van der Waals surface area contributed by atoms with E-state index in [0.29, 0.717) is 16.3 Å². The fourth-order valence-electron chi connectivity index (χ4n) is 2.58. The van der Waals surface area contributed by atoms with E-state index in [4.69, 9.17) is 0 Å². The molecule has 0 aliphatic carbocycles. The Labute approximate surface area is 120 Å². The Balaban J connectivity index is 2.21. The van der Waals surface area contributed by atoms with E-state index in [2.05, 4.69) is 4.90 Å². The Kier molecular flexibility index (Phi) is 3.19. The minimum atomic E-state index is -0.924. The predicted octanol–water partition coefficient (Wildman–Crippen LogP) is 2.04. The number of aromatic carboxylic acids is 1. The lowest BCUT2D eigenvalue weighted by Gasteiger charge is -2.22. The van der Waals surface area contributed by atoms with Gasteiger partial charge in [-0.2, -0.15) is 0 Å². The molecule has 0 saturated heterocycles. The second-order valence-corrected chi connectivity index (χ2v) is 5.98. The molecule has 0 aromatic carbocycles. The summed E-state index contributed by atoms with van der Waals surface area (Å²) in [7, 11) is 2.02. The summed E-state index contributed by atoms with van der Waals surface area (Å²) in [5.41, 5.74) is 1.73. The fraction of sp³-hybridized carbons (Fsp3) is 0.286. The first kappa shape index (κ1) is 13.1. The molecule has 0 spiro atoms. The van der Waals surface area contributed by atoms with Crippen molar-refractivity contribution in [2.24, 2.45) is 0 Å². The summed E-state index contributed by atoms with van der Waals surface area (Å²) in [4.78, 5) is 25.9. The molecule has 20 heavy (non-hydrogen) atoms. The molecule has 2 aromatic heterocycles. The summed E-state index contributed by atoms with van der Waals surface area (Å²) in [5.74, 6) is -0.924. The van der Waals surface area contributed by atoms with Crippen LogP contribution < -0.4 is 0 Å². The van der Waals surface area contributed by atoms with Gasteiger partial charge in [-0.3, -0.25) is 4.79 Å². The third-order valence-corrected chi connectivity index (χ3v) is 4.78. The van der Waals surface area contributed by atoms with Gasteiger partial charge in [-0.05, 0) is 31.2 Å². The molecule has 1 N–H and O–H groups in total. The molecule has 0 amide bonds. The Bertz CT molecular complexity index is 687. The van der Waals surface area contributed by atoms with Crippen LogP contribution in [-0.4, -0.2) is 40.4 Å². The molecule has 0 radical (unpaired) electrons. The van der Waals surface area contributed by atoms with Gasteiger partial charge in [0.2, 0.25) is 0 Å². The lowest BCUT2D eigenvalue weighted by atomic mass is 10.0. The molecular formula is C14H14N2O3S. The quantitative estimate of drug-likeness (QED) is 0.879. The molecule has 0 fully saturated rings. The van der Waals surface area contributed by atoms with Gasteiger partial charge in [0, 0.05) is 24.2 Å². The zero-order valence-electron chi connectivity index (χ0n) is 11.0. The molecule has 0 bridgehead atoms. The number of carbonyl (C=O) groups is 2. The van der Waals surface area contributed by atoms with Crippen molar-refractivity contribution in [2.45, 2.75) is 13.0 Å². The van der Waals surface area contributed by atoms with E-state index in [1.165, 1.54) is 11.3 Å². The molecule has 1 aliphatic heterocycles. The third-order valence-electron chi connectivity index (χ3n) is 3.56. The lowest BCUT2D eigenvalue weighted by molar-refractivity contribution is 0.0695. The van der Waals surface area contributed by atoms with Crippen molar-refractivity contribution in [1.82, 2.24) is 9.47 Å². The summed E-state index contributed by atoms with van der Waals surface area (Å²) >= 11 is 1.46. The first-order valence-electron chi connectivity index (χ1n) is 6.31. The lowest BCUT2D eigenvalue weighted by Crippen LogP contribution is -2.26. The maximum atomic E-state index is 11.6. The van der Waals surface area contributed by atoms with Crippen LogP contribution in [0.2, 0.25) is 0 Å². The number of aromatic nitrogens is 1. The maximum Gasteiger partial charge on any atom is 0.339 e. The van der Waals surface area contributed by atoms with Crippen molar-refractivity contribution in [3.63, 3.8) is 0 Å². The van der Waals surface area contributed by atoms with E-state index in [0.717, 1.165) is 36.2 Å². The molecule has 3 heterocycles. The van der Waals surface area contributed by atoms with Crippen LogP contribution in [0.3, 0.4) is 0 Å². The van der Waals surface area contributed by atoms with Gasteiger partial charge >= 0.3 is 5.97 Å². The van der Waals surface area contributed by atoms with Gasteiger partial charge < -0.3 is 14.6 Å². The highest BCUT2D eigenvalue weighted by atomic mass is 32.1. The number of likely N-dealkylation sites (N-methyl/N-ethyl adjacent to an activating group) is 1. The van der Waals surface area contributed by atoms with Crippen LogP contribution in [0.15, 0.2) is 18.3 Å². The molecule has 3 rings (SSSR count). The van der Waals surface area contributed by atoms with Crippen molar-refractivity contribution in [1.29, 1.82) is 0 Å². The number of carboxylic acids is 1. The molecule has 5 nitrogen and oxygen atoms in total. The minimum absolute atomic E-state index is 0.345. The normalized spacial score (nSPS) is 15.1. The second kappa shape index (κ2) is 4.88. The first-order chi connectivity index (χ1) is 9.61. The van der Waals surface area contributed by atoms with Gasteiger partial charge in [-0.15, -0.1) is 11.3 Å². The number of hydrogen-bond acceptors (Lipinski definition) is 4. The van der Waals surface area contributed by atoms with Crippen molar-refractivity contribution < 1.29 is 14.7 Å². The van der Waals surface area contributed by atoms with Crippen LogP contribution >= 0.6 is 11.3 Å². The Morgan fingerprint density at radius 3 is 3.00 bits per heavy atom. The Hall–Kier alpha value is -1.92. The summed E-state index contributed by atoms with van der Waals surface area (Å²) in [6, 6.07) is 3.43. The largest absolute Gasteiger partial charge is 0.478 e. The van der Waals surface area contributed by atoms with E-state index in [-0.39, 0.29) is 0 Å². The summed E-state index contributed by atoms with van der Waals surface area (Å²) in [6.45, 7) is 1.62. The van der Waals surface area contributed by atoms with Crippen LogP contribution in [0.25, 0.3) is 5.00 Å². The van der Waals surface area contributed by atoms with E-state index in [1.54, 1.807) is 22.9 Å². The van der Waals surface area contributed by atoms with Gasteiger partial charge in [-0.1, -0.05) is 0 Å². The van der Waals surface area contributed by atoms with Crippen molar-refractivity contribution in [2.75, 3.05) is 13.6 Å². The smallest absolute Gasteiger partial charge is 0.339 e. The summed E-state index contributed by atoms with van der Waals surface area (Å²) in [6.07, 6.45) is 3.22. The maximum absolute atomic E-state index is 11.6. The van der Waals surface area contributed by atoms with Crippen LogP contribution in [0.5, 0.6) is 0 Å². The zero-order valence-corrected chi connectivity index (χ0v) is 11.8. The topological polar surface area (TPSA) is 62.5 Å². The SMILES string of the molecule is CN1CCc2c(sc(-n3cccc3C=O)c2C(=O)O)C1. The minimum Gasteiger partial charge on any atom is -0.478 e. The molecule has 2 aromatic rings. The van der Waals surface area contributed by atoms with Gasteiger partial charge in [-0.25, -0.2) is 4.79 Å². The van der Waals surface area contributed by atoms with E-state index >= 15 is 0 Å². The summed E-state index contributed by atoms with van der Waals surface area (Å²) in [5, 5.41) is 10.2. The van der Waals surface area contributed by atoms with Crippen molar-refractivity contribution >= 4 is 23.6 Å². The number of aldehydes is 1. The van der Waals surface area contributed by atoms with Crippen LogP contribution in [0, 0.1) is 0 Å². The van der Waals surface area contributed by atoms with E-state index in [1.807, 2.05) is 7.05 Å². The van der Waals surface area contributed by atoms with E-state index in [9.17, 15) is 14.7 Å². The van der Waals surface area contributed by atoms with Crippen LogP contribution in [-0.2, 0) is 13.0 Å². The molecule has 104 valence electrons. The summed E-state index contributed by atoms with van der Waals surface area (Å²) < 4.78 is 1.67. The van der Waals surface area contributed by atoms with Crippen molar-refractivity contribution in [3.8, 4) is 5.00 Å². The molecule has 6 heteroatoms. The molecule has 1 aliphatic rings. The number of thiophene rings is 1. The number of carboxylic acid groups (broad SMARTS) is 1. The molecular weight excluding hydrogens is 276 g/mol. The van der Waals surface area contributed by atoms with Gasteiger partial charge in [0.25, 0.3) is 0 Å². The van der Waals surface area contributed by atoms with Gasteiger partial charge in [0.05, 0.1) is 11.3 Å².